The highest BCUT2D eigenvalue weighted by Crippen LogP contribution is 2.26. The normalized spacial score (nSPS) is 11.1. The first kappa shape index (κ1) is 17.0. The van der Waals surface area contributed by atoms with E-state index >= 15 is 0 Å². The lowest BCUT2D eigenvalue weighted by atomic mass is 10.1. The van der Waals surface area contributed by atoms with Crippen molar-refractivity contribution in [2.24, 2.45) is 0 Å². The Morgan fingerprint density at radius 3 is 2.59 bits per heavy atom. The maximum Gasteiger partial charge on any atom is 0.255 e. The standard InChI is InChI=1S/C20H19N5O2/c1-12-8-13(2)25-18(23-24-20(25)22-12)11-21-19(26)16-9-14-6-4-5-7-15(14)10-17(16)27-3/h4-10H,11H2,1-3H3,(H,21,26). The Labute approximate surface area is 156 Å². The summed E-state index contributed by atoms with van der Waals surface area (Å²) in [7, 11) is 1.56. The number of hydrogen-bond donors (Lipinski definition) is 1. The zero-order valence-electron chi connectivity index (χ0n) is 15.4. The molecular formula is C20H19N5O2. The summed E-state index contributed by atoms with van der Waals surface area (Å²) >= 11 is 0. The molecule has 0 atom stereocenters. The summed E-state index contributed by atoms with van der Waals surface area (Å²) in [4.78, 5) is 17.1. The van der Waals surface area contributed by atoms with Crippen molar-refractivity contribution in [3.8, 4) is 5.75 Å². The van der Waals surface area contributed by atoms with Gasteiger partial charge in [0.25, 0.3) is 11.7 Å². The topological polar surface area (TPSA) is 81.4 Å². The molecule has 2 aromatic heterocycles. The van der Waals surface area contributed by atoms with Gasteiger partial charge in [-0.25, -0.2) is 4.98 Å². The van der Waals surface area contributed by atoms with Crippen LogP contribution >= 0.6 is 0 Å². The summed E-state index contributed by atoms with van der Waals surface area (Å²) < 4.78 is 7.25. The molecule has 0 spiro atoms. The molecule has 0 radical (unpaired) electrons. The van der Waals surface area contributed by atoms with E-state index in [9.17, 15) is 4.79 Å². The highest BCUT2D eigenvalue weighted by Gasteiger charge is 2.16. The van der Waals surface area contributed by atoms with Crippen LogP contribution < -0.4 is 10.1 Å². The molecule has 7 nitrogen and oxygen atoms in total. The third-order valence-electron chi connectivity index (χ3n) is 4.48. The van der Waals surface area contributed by atoms with Gasteiger partial charge in [-0.2, -0.15) is 0 Å². The number of nitrogens with zero attached hydrogens (tertiary/aromatic N) is 4. The quantitative estimate of drug-likeness (QED) is 0.604. The van der Waals surface area contributed by atoms with Crippen LogP contribution in [0.15, 0.2) is 42.5 Å². The Morgan fingerprint density at radius 2 is 1.85 bits per heavy atom. The van der Waals surface area contributed by atoms with Crippen LogP contribution in [0, 0.1) is 13.8 Å². The van der Waals surface area contributed by atoms with Gasteiger partial charge in [-0.1, -0.05) is 24.3 Å². The molecule has 1 amide bonds. The third kappa shape index (κ3) is 3.08. The molecule has 7 heteroatoms. The molecular weight excluding hydrogens is 342 g/mol. The second-order valence-electron chi connectivity index (χ2n) is 6.37. The summed E-state index contributed by atoms with van der Waals surface area (Å²) in [5.41, 5.74) is 2.33. The van der Waals surface area contributed by atoms with Crippen LogP contribution in [-0.2, 0) is 6.54 Å². The first-order chi connectivity index (χ1) is 13.1. The van der Waals surface area contributed by atoms with Crippen LogP contribution in [0.1, 0.15) is 27.6 Å². The number of aryl methyl sites for hydroxylation is 2. The minimum absolute atomic E-state index is 0.230. The fraction of sp³-hybridized carbons (Fsp3) is 0.200. The lowest BCUT2D eigenvalue weighted by molar-refractivity contribution is 0.0947. The van der Waals surface area contributed by atoms with E-state index in [-0.39, 0.29) is 12.5 Å². The summed E-state index contributed by atoms with van der Waals surface area (Å²) in [6.07, 6.45) is 0. The van der Waals surface area contributed by atoms with Crippen molar-refractivity contribution >= 4 is 22.5 Å². The number of nitrogens with one attached hydrogen (secondary N) is 1. The molecule has 0 saturated heterocycles. The number of carbonyl (C=O) groups excluding carboxylic acids is 1. The molecule has 1 N–H and O–H groups in total. The molecule has 4 rings (SSSR count). The number of hydrogen-bond acceptors (Lipinski definition) is 5. The molecule has 136 valence electrons. The largest absolute Gasteiger partial charge is 0.496 e. The average Bonchev–Trinajstić information content (AvgIpc) is 3.08. The van der Waals surface area contributed by atoms with E-state index in [4.69, 9.17) is 4.74 Å². The van der Waals surface area contributed by atoms with Crippen LogP contribution in [0.25, 0.3) is 16.6 Å². The maximum absolute atomic E-state index is 12.8. The molecule has 2 heterocycles. The number of ether oxygens (including phenoxy) is 1. The minimum Gasteiger partial charge on any atom is -0.496 e. The number of benzene rings is 2. The molecule has 27 heavy (non-hydrogen) atoms. The summed E-state index contributed by atoms with van der Waals surface area (Å²) in [5.74, 6) is 1.46. The van der Waals surface area contributed by atoms with Crippen LogP contribution in [0.2, 0.25) is 0 Å². The van der Waals surface area contributed by atoms with Gasteiger partial charge in [0.1, 0.15) is 5.75 Å². The molecule has 0 aliphatic rings. The number of fused-ring (bicyclic) bond motifs is 2. The van der Waals surface area contributed by atoms with Crippen LogP contribution in [0.5, 0.6) is 5.75 Å². The van der Waals surface area contributed by atoms with Gasteiger partial charge in [0.2, 0.25) is 0 Å². The highest BCUT2D eigenvalue weighted by atomic mass is 16.5. The van der Waals surface area contributed by atoms with Crippen molar-refractivity contribution in [1.29, 1.82) is 0 Å². The number of rotatable bonds is 4. The molecule has 0 aliphatic carbocycles. The van der Waals surface area contributed by atoms with Crippen molar-refractivity contribution in [3.05, 3.63) is 65.2 Å². The van der Waals surface area contributed by atoms with E-state index in [1.807, 2.05) is 60.7 Å². The second kappa shape index (κ2) is 6.68. The summed E-state index contributed by atoms with van der Waals surface area (Å²) in [6.45, 7) is 4.11. The van der Waals surface area contributed by atoms with Gasteiger partial charge in [0, 0.05) is 11.4 Å². The predicted molar refractivity (Wildman–Crippen MR) is 102 cm³/mol. The minimum atomic E-state index is -0.230. The SMILES string of the molecule is COc1cc2ccccc2cc1C(=O)NCc1nnc2nc(C)cc(C)n12. The van der Waals surface area contributed by atoms with E-state index < -0.39 is 0 Å². The monoisotopic (exact) mass is 361 g/mol. The van der Waals surface area contributed by atoms with E-state index in [0.29, 0.717) is 22.9 Å². The third-order valence-corrected chi connectivity index (χ3v) is 4.48. The van der Waals surface area contributed by atoms with Gasteiger partial charge in [-0.05, 0) is 42.8 Å². The molecule has 2 aromatic carbocycles. The first-order valence-electron chi connectivity index (χ1n) is 8.60. The molecule has 0 aliphatic heterocycles. The summed E-state index contributed by atoms with van der Waals surface area (Å²) in [6, 6.07) is 13.5. The molecule has 0 fully saturated rings. The highest BCUT2D eigenvalue weighted by molar-refractivity contribution is 6.01. The fourth-order valence-corrected chi connectivity index (χ4v) is 3.23. The van der Waals surface area contributed by atoms with Crippen LogP contribution in [0.3, 0.4) is 0 Å². The Kier molecular flexibility index (Phi) is 4.19. The smallest absolute Gasteiger partial charge is 0.255 e. The van der Waals surface area contributed by atoms with Crippen molar-refractivity contribution in [1.82, 2.24) is 24.9 Å². The second-order valence-corrected chi connectivity index (χ2v) is 6.37. The van der Waals surface area contributed by atoms with Crippen molar-refractivity contribution in [3.63, 3.8) is 0 Å². The number of amides is 1. The average molecular weight is 361 g/mol. The fourth-order valence-electron chi connectivity index (χ4n) is 3.23. The maximum atomic E-state index is 12.8. The molecule has 0 bridgehead atoms. The lowest BCUT2D eigenvalue weighted by Gasteiger charge is -2.11. The number of carbonyl (C=O) groups is 1. The van der Waals surface area contributed by atoms with Gasteiger partial charge in [0.15, 0.2) is 5.82 Å². The summed E-state index contributed by atoms with van der Waals surface area (Å²) in [5, 5.41) is 13.2. The van der Waals surface area contributed by atoms with Gasteiger partial charge in [-0.3, -0.25) is 9.20 Å². The van der Waals surface area contributed by atoms with Crippen molar-refractivity contribution in [2.75, 3.05) is 7.11 Å². The Bertz CT molecular complexity index is 1170. The molecule has 0 unspecified atom stereocenters. The van der Waals surface area contributed by atoms with Crippen molar-refractivity contribution in [2.45, 2.75) is 20.4 Å². The Morgan fingerprint density at radius 1 is 1.11 bits per heavy atom. The zero-order chi connectivity index (χ0) is 19.0. The number of methoxy groups -OCH3 is 1. The van der Waals surface area contributed by atoms with E-state index in [1.54, 1.807) is 7.11 Å². The van der Waals surface area contributed by atoms with E-state index in [2.05, 4.69) is 20.5 Å². The molecule has 0 saturated carbocycles. The number of aromatic nitrogens is 4. The van der Waals surface area contributed by atoms with Gasteiger partial charge < -0.3 is 10.1 Å². The van der Waals surface area contributed by atoms with Crippen LogP contribution in [0.4, 0.5) is 0 Å². The first-order valence-corrected chi connectivity index (χ1v) is 8.60. The van der Waals surface area contributed by atoms with Crippen LogP contribution in [-0.4, -0.2) is 32.6 Å². The Balaban J connectivity index is 1.63. The van der Waals surface area contributed by atoms with Gasteiger partial charge in [-0.15, -0.1) is 10.2 Å². The van der Waals surface area contributed by atoms with Crippen molar-refractivity contribution < 1.29 is 9.53 Å². The lowest BCUT2D eigenvalue weighted by Crippen LogP contribution is -2.24. The van der Waals surface area contributed by atoms with E-state index in [0.717, 1.165) is 22.2 Å². The predicted octanol–water partition coefficient (Wildman–Crippen LogP) is 2.83. The van der Waals surface area contributed by atoms with Gasteiger partial charge >= 0.3 is 0 Å². The van der Waals surface area contributed by atoms with Gasteiger partial charge in [0.05, 0.1) is 19.2 Å². The zero-order valence-corrected chi connectivity index (χ0v) is 15.4. The molecule has 4 aromatic rings. The van der Waals surface area contributed by atoms with E-state index in [1.165, 1.54) is 0 Å². The Hall–Kier alpha value is -3.48.